The van der Waals surface area contributed by atoms with Crippen LogP contribution >= 0.6 is 11.3 Å². The summed E-state index contributed by atoms with van der Waals surface area (Å²) in [5.74, 6) is -0.970. The van der Waals surface area contributed by atoms with Crippen molar-refractivity contribution in [2.24, 2.45) is 5.92 Å². The maximum Gasteiger partial charge on any atom is 0.348 e. The second-order valence-electron chi connectivity index (χ2n) is 7.33. The number of thiophene rings is 1. The zero-order valence-electron chi connectivity index (χ0n) is 17.5. The fourth-order valence-electron chi connectivity index (χ4n) is 3.78. The minimum absolute atomic E-state index is 0.0849. The van der Waals surface area contributed by atoms with Crippen LogP contribution in [0.3, 0.4) is 0 Å². The predicted molar refractivity (Wildman–Crippen MR) is 110 cm³/mol. The Morgan fingerprint density at radius 1 is 1.10 bits per heavy atom. The van der Waals surface area contributed by atoms with Crippen molar-refractivity contribution in [2.45, 2.75) is 32.5 Å². The van der Waals surface area contributed by atoms with Gasteiger partial charge in [-0.05, 0) is 38.4 Å². The van der Waals surface area contributed by atoms with Crippen molar-refractivity contribution in [2.75, 3.05) is 52.4 Å². The summed E-state index contributed by atoms with van der Waals surface area (Å²) in [6.07, 6.45) is 2.15. The Kier molecular flexibility index (Phi) is 7.81. The first-order valence-electron chi connectivity index (χ1n) is 10.00. The van der Waals surface area contributed by atoms with E-state index >= 15 is 0 Å². The highest BCUT2D eigenvalue weighted by atomic mass is 32.1. The first-order valence-corrected chi connectivity index (χ1v) is 10.8. The molecule has 3 rings (SSSR count). The molecule has 1 aromatic heterocycles. The van der Waals surface area contributed by atoms with Crippen LogP contribution in [0.2, 0.25) is 0 Å². The minimum atomic E-state index is -0.604. The van der Waals surface area contributed by atoms with Gasteiger partial charge in [0.2, 0.25) is 5.91 Å². The first kappa shape index (κ1) is 22.7. The minimum Gasteiger partial charge on any atom is -0.465 e. The van der Waals surface area contributed by atoms with E-state index in [2.05, 4.69) is 10.2 Å². The molecular weight excluding hydrogens is 412 g/mol. The van der Waals surface area contributed by atoms with E-state index < -0.39 is 11.9 Å². The molecule has 0 unspecified atom stereocenters. The lowest BCUT2D eigenvalue weighted by atomic mass is 9.96. The van der Waals surface area contributed by atoms with E-state index in [1.165, 1.54) is 14.2 Å². The van der Waals surface area contributed by atoms with Gasteiger partial charge in [0, 0.05) is 18.9 Å². The Morgan fingerprint density at radius 2 is 1.73 bits per heavy atom. The average molecular weight is 441 g/mol. The molecule has 0 aliphatic carbocycles. The number of hydrogen-bond acceptors (Lipinski definition) is 9. The summed E-state index contributed by atoms with van der Waals surface area (Å²) in [7, 11) is 2.53. The third kappa shape index (κ3) is 5.18. The highest BCUT2D eigenvalue weighted by Crippen LogP contribution is 2.34. The van der Waals surface area contributed by atoms with E-state index in [1.807, 2.05) is 0 Å². The number of likely N-dealkylation sites (tertiary alicyclic amines) is 1. The van der Waals surface area contributed by atoms with Gasteiger partial charge in [-0.3, -0.25) is 4.79 Å². The normalized spacial score (nSPS) is 18.4. The average Bonchev–Trinajstić information content (AvgIpc) is 3.40. The maximum absolute atomic E-state index is 12.5. The molecule has 2 fully saturated rings. The number of carbonyl (C=O) groups is 3. The number of anilines is 1. The summed E-state index contributed by atoms with van der Waals surface area (Å²) in [5, 5.41) is 3.07. The van der Waals surface area contributed by atoms with Gasteiger partial charge in [-0.2, -0.15) is 0 Å². The number of nitrogens with one attached hydrogen (secondary N) is 1. The van der Waals surface area contributed by atoms with Crippen LogP contribution in [-0.2, 0) is 23.7 Å². The number of nitrogens with zero attached hydrogens (tertiary/aromatic N) is 1. The summed E-state index contributed by atoms with van der Waals surface area (Å²) in [5.41, 5.74) is 0.626. The molecule has 1 N–H and O–H groups in total. The summed E-state index contributed by atoms with van der Waals surface area (Å²) in [6, 6.07) is 0. The van der Waals surface area contributed by atoms with E-state index in [4.69, 9.17) is 18.9 Å². The molecule has 2 saturated heterocycles. The number of amides is 1. The van der Waals surface area contributed by atoms with Crippen LogP contribution in [0.25, 0.3) is 0 Å². The molecule has 2 aliphatic heterocycles. The van der Waals surface area contributed by atoms with Crippen molar-refractivity contribution < 1.29 is 33.3 Å². The summed E-state index contributed by atoms with van der Waals surface area (Å²) >= 11 is 1.02. The fourth-order valence-corrected chi connectivity index (χ4v) is 4.91. The van der Waals surface area contributed by atoms with Crippen molar-refractivity contribution in [3.8, 4) is 0 Å². The standard InChI is InChI=1S/C20H28N2O7S/c1-12-15(18(24)26-2)17(30-16(12)19(25)27-3)21-14(23)6-9-22-7-4-13(5-8-22)20-28-10-11-29-20/h13,20H,4-11H2,1-3H3,(H,21,23). The topological polar surface area (TPSA) is 103 Å². The molecule has 0 bridgehead atoms. The molecule has 3 heterocycles. The van der Waals surface area contributed by atoms with Gasteiger partial charge >= 0.3 is 11.9 Å². The number of ether oxygens (including phenoxy) is 4. The number of methoxy groups -OCH3 is 2. The Balaban J connectivity index is 1.54. The van der Waals surface area contributed by atoms with Gasteiger partial charge in [0.25, 0.3) is 0 Å². The van der Waals surface area contributed by atoms with Crippen LogP contribution in [0.1, 0.15) is 44.9 Å². The zero-order valence-corrected chi connectivity index (χ0v) is 18.3. The first-order chi connectivity index (χ1) is 14.4. The molecule has 0 saturated carbocycles. The largest absolute Gasteiger partial charge is 0.465 e. The van der Waals surface area contributed by atoms with Gasteiger partial charge in [0.1, 0.15) is 9.88 Å². The van der Waals surface area contributed by atoms with E-state index in [1.54, 1.807) is 6.92 Å². The molecule has 1 amide bonds. The fraction of sp³-hybridized carbons (Fsp3) is 0.650. The number of carbonyl (C=O) groups excluding carboxylic acids is 3. The SMILES string of the molecule is COC(=O)c1sc(NC(=O)CCN2CCC(C3OCCO3)CC2)c(C(=O)OC)c1C. The molecule has 9 nitrogen and oxygen atoms in total. The molecule has 10 heteroatoms. The van der Waals surface area contributed by atoms with Gasteiger partial charge in [0.15, 0.2) is 6.29 Å². The maximum atomic E-state index is 12.5. The number of piperidine rings is 1. The second kappa shape index (κ2) is 10.3. The van der Waals surface area contributed by atoms with E-state index in [9.17, 15) is 14.4 Å². The molecule has 166 valence electrons. The molecule has 0 aromatic carbocycles. The summed E-state index contributed by atoms with van der Waals surface area (Å²) in [6.45, 7) is 5.36. The van der Waals surface area contributed by atoms with Gasteiger partial charge in [-0.15, -0.1) is 11.3 Å². The van der Waals surface area contributed by atoms with Crippen molar-refractivity contribution in [3.05, 3.63) is 16.0 Å². The van der Waals surface area contributed by atoms with Crippen molar-refractivity contribution >= 4 is 34.2 Å². The number of esters is 2. The number of hydrogen-bond donors (Lipinski definition) is 1. The van der Waals surface area contributed by atoms with Crippen molar-refractivity contribution in [1.29, 1.82) is 0 Å². The predicted octanol–water partition coefficient (Wildman–Crippen LogP) is 2.04. The molecule has 0 atom stereocenters. The molecule has 0 radical (unpaired) electrons. The zero-order chi connectivity index (χ0) is 21.7. The third-order valence-corrected chi connectivity index (χ3v) is 6.67. The lowest BCUT2D eigenvalue weighted by Crippen LogP contribution is -2.39. The highest BCUT2D eigenvalue weighted by Gasteiger charge is 2.31. The van der Waals surface area contributed by atoms with Gasteiger partial charge in [-0.1, -0.05) is 0 Å². The molecule has 30 heavy (non-hydrogen) atoms. The Bertz CT molecular complexity index is 780. The second-order valence-corrected chi connectivity index (χ2v) is 8.35. The smallest absolute Gasteiger partial charge is 0.348 e. The van der Waals surface area contributed by atoms with Gasteiger partial charge in [0.05, 0.1) is 33.0 Å². The van der Waals surface area contributed by atoms with Crippen LogP contribution in [0.5, 0.6) is 0 Å². The monoisotopic (exact) mass is 440 g/mol. The molecule has 1 aromatic rings. The quantitative estimate of drug-likeness (QED) is 0.643. The summed E-state index contributed by atoms with van der Waals surface area (Å²) < 4.78 is 20.8. The van der Waals surface area contributed by atoms with Crippen LogP contribution in [0.4, 0.5) is 5.00 Å². The summed E-state index contributed by atoms with van der Waals surface area (Å²) in [4.78, 5) is 39.1. The van der Waals surface area contributed by atoms with E-state index in [0.717, 1.165) is 37.3 Å². The highest BCUT2D eigenvalue weighted by molar-refractivity contribution is 7.18. The van der Waals surface area contributed by atoms with Crippen LogP contribution in [0, 0.1) is 12.8 Å². The third-order valence-electron chi connectivity index (χ3n) is 5.48. The molecule has 2 aliphatic rings. The van der Waals surface area contributed by atoms with Crippen LogP contribution < -0.4 is 5.32 Å². The molecule has 0 spiro atoms. The lowest BCUT2D eigenvalue weighted by Gasteiger charge is -2.33. The Hall–Kier alpha value is -2.01. The van der Waals surface area contributed by atoms with E-state index in [-0.39, 0.29) is 29.1 Å². The Labute approximate surface area is 179 Å². The van der Waals surface area contributed by atoms with E-state index in [0.29, 0.717) is 36.2 Å². The van der Waals surface area contributed by atoms with Crippen LogP contribution in [-0.4, -0.2) is 76.1 Å². The van der Waals surface area contributed by atoms with Crippen molar-refractivity contribution in [1.82, 2.24) is 4.90 Å². The Morgan fingerprint density at radius 3 is 2.33 bits per heavy atom. The molecular formula is C20H28N2O7S. The van der Waals surface area contributed by atoms with Gasteiger partial charge < -0.3 is 29.2 Å². The van der Waals surface area contributed by atoms with Crippen LogP contribution in [0.15, 0.2) is 0 Å². The number of rotatable bonds is 7. The lowest BCUT2D eigenvalue weighted by molar-refractivity contribution is -0.117. The van der Waals surface area contributed by atoms with Crippen molar-refractivity contribution in [3.63, 3.8) is 0 Å². The van der Waals surface area contributed by atoms with Gasteiger partial charge in [-0.25, -0.2) is 9.59 Å².